The summed E-state index contributed by atoms with van der Waals surface area (Å²) in [4.78, 5) is 20.4. The molecule has 2 heterocycles. The maximum absolute atomic E-state index is 11.4. The molecule has 106 valence electrons. The van der Waals surface area contributed by atoms with Crippen molar-refractivity contribution in [2.24, 2.45) is 0 Å². The molecule has 0 N–H and O–H groups in total. The molecule has 20 heavy (non-hydrogen) atoms. The minimum absolute atomic E-state index is 0.169. The molecule has 2 aromatic rings. The molecule has 0 unspecified atom stereocenters. The van der Waals surface area contributed by atoms with E-state index in [1.54, 1.807) is 18.3 Å². The number of nitrogens with zero attached hydrogens (tertiary/aromatic N) is 3. The predicted molar refractivity (Wildman–Crippen MR) is 83.5 cm³/mol. The Morgan fingerprint density at radius 1 is 1.30 bits per heavy atom. The Kier molecular flexibility index (Phi) is 3.61. The van der Waals surface area contributed by atoms with Gasteiger partial charge in [-0.05, 0) is 18.1 Å². The van der Waals surface area contributed by atoms with E-state index in [1.165, 1.54) is 10.3 Å². The Labute approximate surface area is 123 Å². The molecule has 3 rings (SSSR count). The normalized spacial score (nSPS) is 15.9. The summed E-state index contributed by atoms with van der Waals surface area (Å²) in [5.74, 6) is 0.169. The largest absolute Gasteiger partial charge is 0.345 e. The molecule has 0 radical (unpaired) electrons. The van der Waals surface area contributed by atoms with Gasteiger partial charge < -0.3 is 9.80 Å². The van der Waals surface area contributed by atoms with E-state index in [1.807, 2.05) is 4.90 Å². The van der Waals surface area contributed by atoms with Gasteiger partial charge in [-0.25, -0.2) is 4.98 Å². The van der Waals surface area contributed by atoms with Crippen LogP contribution in [-0.2, 0) is 11.2 Å². The number of carbonyl (C=O) groups is 1. The lowest BCUT2D eigenvalue weighted by atomic mass is 10.1. The number of hydrogen-bond acceptors (Lipinski definition) is 4. The van der Waals surface area contributed by atoms with Crippen LogP contribution < -0.4 is 4.90 Å². The van der Waals surface area contributed by atoms with Gasteiger partial charge in [-0.3, -0.25) is 4.79 Å². The second kappa shape index (κ2) is 5.40. The summed E-state index contributed by atoms with van der Waals surface area (Å²) < 4.78 is 1.26. The van der Waals surface area contributed by atoms with Crippen LogP contribution in [0.3, 0.4) is 0 Å². The fourth-order valence-corrected chi connectivity index (χ4v) is 3.69. The lowest BCUT2D eigenvalue weighted by molar-refractivity contribution is -0.129. The van der Waals surface area contributed by atoms with Crippen molar-refractivity contribution in [1.29, 1.82) is 0 Å². The SMILES string of the molecule is CCc1cccc2sc(N3CCN(C(C)=O)CC3)nc12. The van der Waals surface area contributed by atoms with Gasteiger partial charge in [-0.1, -0.05) is 30.4 Å². The molecule has 0 atom stereocenters. The monoisotopic (exact) mass is 289 g/mol. The van der Waals surface area contributed by atoms with E-state index in [4.69, 9.17) is 4.98 Å². The average Bonchev–Trinajstić information content (AvgIpc) is 2.91. The minimum Gasteiger partial charge on any atom is -0.345 e. The van der Waals surface area contributed by atoms with E-state index < -0.39 is 0 Å². The lowest BCUT2D eigenvalue weighted by Crippen LogP contribution is -2.48. The number of fused-ring (bicyclic) bond motifs is 1. The van der Waals surface area contributed by atoms with Gasteiger partial charge in [0, 0.05) is 33.1 Å². The molecule has 1 aromatic heterocycles. The van der Waals surface area contributed by atoms with Crippen LogP contribution in [0, 0.1) is 0 Å². The zero-order valence-corrected chi connectivity index (χ0v) is 12.7. The number of aryl methyl sites for hydroxylation is 1. The van der Waals surface area contributed by atoms with Gasteiger partial charge in [-0.2, -0.15) is 0 Å². The second-order valence-electron chi connectivity index (χ2n) is 5.11. The van der Waals surface area contributed by atoms with Gasteiger partial charge in [0.05, 0.1) is 10.2 Å². The zero-order chi connectivity index (χ0) is 14.1. The van der Waals surface area contributed by atoms with E-state index in [9.17, 15) is 4.79 Å². The van der Waals surface area contributed by atoms with Crippen LogP contribution in [0.15, 0.2) is 18.2 Å². The number of amides is 1. The Bertz CT molecular complexity index is 629. The molecule has 0 bridgehead atoms. The van der Waals surface area contributed by atoms with E-state index >= 15 is 0 Å². The van der Waals surface area contributed by atoms with Crippen molar-refractivity contribution in [2.45, 2.75) is 20.3 Å². The molecule has 0 saturated carbocycles. The summed E-state index contributed by atoms with van der Waals surface area (Å²) in [5.41, 5.74) is 2.45. The van der Waals surface area contributed by atoms with Crippen molar-refractivity contribution in [1.82, 2.24) is 9.88 Å². The highest BCUT2D eigenvalue weighted by Gasteiger charge is 2.21. The van der Waals surface area contributed by atoms with Gasteiger partial charge >= 0.3 is 0 Å². The quantitative estimate of drug-likeness (QED) is 0.852. The molecule has 0 aliphatic carbocycles. The Balaban J connectivity index is 1.83. The average molecular weight is 289 g/mol. The summed E-state index contributed by atoms with van der Waals surface area (Å²) in [6, 6.07) is 6.40. The van der Waals surface area contributed by atoms with Crippen LogP contribution >= 0.6 is 11.3 Å². The highest BCUT2D eigenvalue weighted by molar-refractivity contribution is 7.22. The number of carbonyl (C=O) groups excluding carboxylic acids is 1. The minimum atomic E-state index is 0.169. The molecule has 1 fully saturated rings. The van der Waals surface area contributed by atoms with Crippen LogP contribution in [0.2, 0.25) is 0 Å². The highest BCUT2D eigenvalue weighted by atomic mass is 32.1. The number of para-hydroxylation sites is 1. The number of piperazine rings is 1. The van der Waals surface area contributed by atoms with E-state index in [2.05, 4.69) is 30.0 Å². The number of rotatable bonds is 2. The maximum atomic E-state index is 11.4. The van der Waals surface area contributed by atoms with Crippen LogP contribution in [0.25, 0.3) is 10.2 Å². The summed E-state index contributed by atoms with van der Waals surface area (Å²) in [6.07, 6.45) is 1.01. The first-order valence-electron chi connectivity index (χ1n) is 7.08. The van der Waals surface area contributed by atoms with Crippen LogP contribution in [0.5, 0.6) is 0 Å². The number of thiazole rings is 1. The van der Waals surface area contributed by atoms with Crippen molar-refractivity contribution in [2.75, 3.05) is 31.1 Å². The second-order valence-corrected chi connectivity index (χ2v) is 6.12. The molecule has 4 nitrogen and oxygen atoms in total. The van der Waals surface area contributed by atoms with Gasteiger partial charge in [0.2, 0.25) is 5.91 Å². The fraction of sp³-hybridized carbons (Fsp3) is 0.467. The van der Waals surface area contributed by atoms with Crippen molar-refractivity contribution < 1.29 is 4.79 Å². The van der Waals surface area contributed by atoms with E-state index in [0.29, 0.717) is 0 Å². The first-order chi connectivity index (χ1) is 9.69. The van der Waals surface area contributed by atoms with Gasteiger partial charge in [0.25, 0.3) is 0 Å². The summed E-state index contributed by atoms with van der Waals surface area (Å²) in [7, 11) is 0. The van der Waals surface area contributed by atoms with E-state index in [0.717, 1.165) is 43.2 Å². The third-order valence-electron chi connectivity index (χ3n) is 3.87. The van der Waals surface area contributed by atoms with Crippen LogP contribution in [0.1, 0.15) is 19.4 Å². The molecule has 0 spiro atoms. The Hall–Kier alpha value is -1.62. The smallest absolute Gasteiger partial charge is 0.219 e. The standard InChI is InChI=1S/C15H19N3OS/c1-3-12-5-4-6-13-14(12)16-15(20-13)18-9-7-17(8-10-18)11(2)19/h4-6H,3,7-10H2,1-2H3. The Morgan fingerprint density at radius 2 is 2.05 bits per heavy atom. The first kappa shape index (κ1) is 13.4. The predicted octanol–water partition coefficient (Wildman–Crippen LogP) is 2.53. The van der Waals surface area contributed by atoms with Crippen molar-refractivity contribution >= 4 is 32.6 Å². The number of aromatic nitrogens is 1. The maximum Gasteiger partial charge on any atom is 0.219 e. The lowest BCUT2D eigenvalue weighted by Gasteiger charge is -2.33. The fourth-order valence-electron chi connectivity index (χ4n) is 2.63. The third-order valence-corrected chi connectivity index (χ3v) is 4.95. The number of anilines is 1. The van der Waals surface area contributed by atoms with Crippen LogP contribution in [0.4, 0.5) is 5.13 Å². The molecule has 5 heteroatoms. The highest BCUT2D eigenvalue weighted by Crippen LogP contribution is 2.31. The number of benzene rings is 1. The Morgan fingerprint density at radius 3 is 2.70 bits per heavy atom. The molecule has 1 aliphatic heterocycles. The van der Waals surface area contributed by atoms with Crippen LogP contribution in [-0.4, -0.2) is 42.0 Å². The first-order valence-corrected chi connectivity index (χ1v) is 7.89. The summed E-state index contributed by atoms with van der Waals surface area (Å²) in [6.45, 7) is 7.15. The third kappa shape index (κ3) is 2.38. The van der Waals surface area contributed by atoms with Crippen molar-refractivity contribution in [3.05, 3.63) is 23.8 Å². The molecule has 1 aliphatic rings. The topological polar surface area (TPSA) is 36.4 Å². The van der Waals surface area contributed by atoms with Gasteiger partial charge in [-0.15, -0.1) is 0 Å². The molecular weight excluding hydrogens is 270 g/mol. The van der Waals surface area contributed by atoms with E-state index in [-0.39, 0.29) is 5.91 Å². The molecule has 1 amide bonds. The molecule has 1 saturated heterocycles. The molecule has 1 aromatic carbocycles. The zero-order valence-electron chi connectivity index (χ0n) is 11.9. The van der Waals surface area contributed by atoms with Crippen molar-refractivity contribution in [3.63, 3.8) is 0 Å². The van der Waals surface area contributed by atoms with Crippen molar-refractivity contribution in [3.8, 4) is 0 Å². The number of hydrogen-bond donors (Lipinski definition) is 0. The van der Waals surface area contributed by atoms with Gasteiger partial charge in [0.1, 0.15) is 0 Å². The molecular formula is C15H19N3OS. The summed E-state index contributed by atoms with van der Waals surface area (Å²) in [5, 5.41) is 1.09. The van der Waals surface area contributed by atoms with Gasteiger partial charge in [0.15, 0.2) is 5.13 Å². The summed E-state index contributed by atoms with van der Waals surface area (Å²) >= 11 is 1.75.